The first kappa shape index (κ1) is 43.0. The molecule has 2 atom stereocenters. The number of hydrogen-bond donors (Lipinski definition) is 2. The number of nitrogens with two attached hydrogens (primary N) is 1. The lowest BCUT2D eigenvalue weighted by molar-refractivity contribution is -0.154. The summed E-state index contributed by atoms with van der Waals surface area (Å²) >= 11 is 0. The lowest BCUT2D eigenvalue weighted by atomic mass is 10.1. The highest BCUT2D eigenvalue weighted by molar-refractivity contribution is 7.47. The van der Waals surface area contributed by atoms with Crippen molar-refractivity contribution in [3.8, 4) is 0 Å². The lowest BCUT2D eigenvalue weighted by Gasteiger charge is -2.20. The van der Waals surface area contributed by atoms with Gasteiger partial charge in [-0.3, -0.25) is 13.8 Å². The van der Waals surface area contributed by atoms with Gasteiger partial charge in [0.15, 0.2) is 0 Å². The van der Waals surface area contributed by atoms with E-state index in [-0.39, 0.29) is 32.3 Å². The molecule has 0 rings (SSSR count). The molecule has 0 aliphatic carbocycles. The molecule has 0 heterocycles. The first-order chi connectivity index (χ1) is 21.4. The third-order valence-electron chi connectivity index (χ3n) is 7.32. The molecule has 0 saturated heterocycles. The minimum absolute atomic E-state index is 0.0976. The van der Waals surface area contributed by atoms with Gasteiger partial charge in [-0.2, -0.15) is 0 Å². The monoisotopic (exact) mass is 645 g/mol. The molecule has 9 heteroatoms. The van der Waals surface area contributed by atoms with Crippen molar-refractivity contribution in [1.29, 1.82) is 0 Å². The van der Waals surface area contributed by atoms with Gasteiger partial charge in [-0.1, -0.05) is 115 Å². The third kappa shape index (κ3) is 32.4. The van der Waals surface area contributed by atoms with Crippen molar-refractivity contribution in [2.24, 2.45) is 5.73 Å². The summed E-state index contributed by atoms with van der Waals surface area (Å²) in [5, 5.41) is 0. The zero-order valence-electron chi connectivity index (χ0n) is 28.4. The van der Waals surface area contributed by atoms with Crippen molar-refractivity contribution >= 4 is 13.8 Å². The molecule has 44 heavy (non-hydrogen) atoms. The lowest BCUT2D eigenvalue weighted by Crippen LogP contribution is -2.28. The van der Waals surface area contributed by atoms with E-state index in [0.717, 1.165) is 51.4 Å². The van der Waals surface area contributed by atoms with E-state index in [1.165, 1.54) is 83.5 Å². The van der Waals surface area contributed by atoms with E-state index in [2.05, 4.69) is 38.2 Å². The molecule has 0 amide bonds. The molecule has 0 radical (unpaired) electrons. The van der Waals surface area contributed by atoms with Crippen LogP contribution in [0, 0.1) is 0 Å². The predicted molar refractivity (Wildman–Crippen MR) is 183 cm³/mol. The van der Waals surface area contributed by atoms with Crippen molar-refractivity contribution in [2.45, 2.75) is 161 Å². The highest BCUT2D eigenvalue weighted by Crippen LogP contribution is 2.43. The molecule has 3 N–H and O–H groups in total. The molecule has 8 nitrogen and oxygen atoms in total. The number of phosphoric ester groups is 1. The maximum absolute atomic E-state index is 12.4. The molecule has 0 spiro atoms. The number of carbonyl (C=O) groups excluding carboxylic acids is 1. The summed E-state index contributed by atoms with van der Waals surface area (Å²) in [6, 6.07) is 0. The van der Waals surface area contributed by atoms with Crippen LogP contribution in [-0.4, -0.2) is 49.9 Å². The van der Waals surface area contributed by atoms with Gasteiger partial charge in [0.2, 0.25) is 0 Å². The molecule has 0 fully saturated rings. The molecule has 0 aliphatic heterocycles. The van der Waals surface area contributed by atoms with Gasteiger partial charge in [-0.05, 0) is 57.8 Å². The number of unbranched alkanes of at least 4 members (excludes halogenated alkanes) is 17. The minimum Gasteiger partial charge on any atom is -0.457 e. The number of carbonyl (C=O) groups is 1. The zero-order chi connectivity index (χ0) is 32.4. The number of rotatable bonds is 34. The Morgan fingerprint density at radius 3 is 1.75 bits per heavy atom. The molecule has 0 aliphatic rings. The second-order valence-electron chi connectivity index (χ2n) is 11.7. The Labute approximate surface area is 270 Å². The van der Waals surface area contributed by atoms with E-state index in [4.69, 9.17) is 24.3 Å². The topological polar surface area (TPSA) is 117 Å². The van der Waals surface area contributed by atoms with E-state index < -0.39 is 13.9 Å². The van der Waals surface area contributed by atoms with Crippen LogP contribution in [0.3, 0.4) is 0 Å². The predicted octanol–water partition coefficient (Wildman–Crippen LogP) is 9.74. The second kappa shape index (κ2) is 33.3. The summed E-state index contributed by atoms with van der Waals surface area (Å²) in [7, 11) is -4.27. The summed E-state index contributed by atoms with van der Waals surface area (Å²) in [6.45, 7) is 4.82. The Balaban J connectivity index is 4.11. The van der Waals surface area contributed by atoms with E-state index in [1.54, 1.807) is 0 Å². The Morgan fingerprint density at radius 1 is 0.659 bits per heavy atom. The Hall–Kier alpha value is -1.02. The molecule has 2 unspecified atom stereocenters. The maximum atomic E-state index is 12.4. The van der Waals surface area contributed by atoms with Gasteiger partial charge in [0.05, 0.1) is 19.8 Å². The van der Waals surface area contributed by atoms with Gasteiger partial charge in [0.25, 0.3) is 0 Å². The minimum atomic E-state index is -4.27. The molecule has 260 valence electrons. The van der Waals surface area contributed by atoms with Gasteiger partial charge in [-0.15, -0.1) is 0 Å². The van der Waals surface area contributed by atoms with Crippen LogP contribution in [0.5, 0.6) is 0 Å². The van der Waals surface area contributed by atoms with Crippen molar-refractivity contribution in [1.82, 2.24) is 0 Å². The average Bonchev–Trinajstić information content (AvgIpc) is 3.01. The Kier molecular flexibility index (Phi) is 32.6. The first-order valence-electron chi connectivity index (χ1n) is 17.8. The van der Waals surface area contributed by atoms with E-state index in [0.29, 0.717) is 13.0 Å². The van der Waals surface area contributed by atoms with Crippen LogP contribution < -0.4 is 5.73 Å². The average molecular weight is 646 g/mol. The van der Waals surface area contributed by atoms with Crippen molar-refractivity contribution in [3.05, 3.63) is 24.3 Å². The van der Waals surface area contributed by atoms with Crippen molar-refractivity contribution in [3.63, 3.8) is 0 Å². The molecule has 0 aromatic rings. The SMILES string of the molecule is CCC/C=C\CCCCCCCC(=O)OC(COCCCCCCCC/C=C\CCCCCCC)COP(=O)(O)OCCN. The summed E-state index contributed by atoms with van der Waals surface area (Å²) in [5.41, 5.74) is 5.34. The van der Waals surface area contributed by atoms with Crippen molar-refractivity contribution < 1.29 is 32.8 Å². The fourth-order valence-electron chi connectivity index (χ4n) is 4.70. The fraction of sp³-hybridized carbons (Fsp3) is 0.857. The normalized spacial score (nSPS) is 14.0. The summed E-state index contributed by atoms with van der Waals surface area (Å²) in [5.74, 6) is -0.345. The number of phosphoric acid groups is 1. The smallest absolute Gasteiger partial charge is 0.457 e. The largest absolute Gasteiger partial charge is 0.472 e. The third-order valence-corrected chi connectivity index (χ3v) is 8.31. The van der Waals surface area contributed by atoms with E-state index in [1.807, 2.05) is 0 Å². The van der Waals surface area contributed by atoms with Gasteiger partial charge >= 0.3 is 13.8 Å². The van der Waals surface area contributed by atoms with E-state index >= 15 is 0 Å². The maximum Gasteiger partial charge on any atom is 0.472 e. The number of ether oxygens (including phenoxy) is 2. The molecular weight excluding hydrogens is 577 g/mol. The summed E-state index contributed by atoms with van der Waals surface area (Å²) in [6.07, 6.45) is 33.3. The van der Waals surface area contributed by atoms with Crippen LogP contribution in [0.2, 0.25) is 0 Å². The number of hydrogen-bond acceptors (Lipinski definition) is 7. The van der Waals surface area contributed by atoms with Crippen LogP contribution >= 0.6 is 7.82 Å². The second-order valence-corrected chi connectivity index (χ2v) is 13.2. The van der Waals surface area contributed by atoms with Gasteiger partial charge in [0.1, 0.15) is 6.10 Å². The van der Waals surface area contributed by atoms with Crippen molar-refractivity contribution in [2.75, 3.05) is 33.0 Å². The molecule has 0 aromatic heterocycles. The Bertz CT molecular complexity index is 732. The van der Waals surface area contributed by atoms with Crippen LogP contribution in [0.25, 0.3) is 0 Å². The molecule has 0 bridgehead atoms. The zero-order valence-corrected chi connectivity index (χ0v) is 29.3. The summed E-state index contributed by atoms with van der Waals surface area (Å²) < 4.78 is 33.2. The number of esters is 1. The van der Waals surface area contributed by atoms with Crippen LogP contribution in [0.15, 0.2) is 24.3 Å². The van der Waals surface area contributed by atoms with Gasteiger partial charge in [-0.25, -0.2) is 4.57 Å². The molecule has 0 saturated carbocycles. The quantitative estimate of drug-likeness (QED) is 0.0307. The number of allylic oxidation sites excluding steroid dienone is 4. The molecule has 0 aromatic carbocycles. The van der Waals surface area contributed by atoms with Gasteiger partial charge in [0, 0.05) is 19.6 Å². The fourth-order valence-corrected chi connectivity index (χ4v) is 5.46. The van der Waals surface area contributed by atoms with Crippen LogP contribution in [-0.2, 0) is 27.9 Å². The molecular formula is C35H68NO7P. The van der Waals surface area contributed by atoms with Crippen LogP contribution in [0.1, 0.15) is 155 Å². The standard InChI is InChI=1S/C35H68NO7P/c1-3-5-7-9-11-13-15-16-17-18-19-21-23-25-27-30-40-32-34(33-42-44(38,39)41-31-29-36)43-35(37)28-26-24-22-20-14-12-10-8-6-4-2/h8,10,15-16,34H,3-7,9,11-14,17-33,36H2,1-2H3,(H,38,39)/b10-8-,16-15-. The van der Waals surface area contributed by atoms with Crippen LogP contribution in [0.4, 0.5) is 0 Å². The van der Waals surface area contributed by atoms with E-state index in [9.17, 15) is 14.3 Å². The summed E-state index contributed by atoms with van der Waals surface area (Å²) in [4.78, 5) is 22.3. The Morgan fingerprint density at radius 2 is 1.18 bits per heavy atom. The highest BCUT2D eigenvalue weighted by Gasteiger charge is 2.25. The highest BCUT2D eigenvalue weighted by atomic mass is 31.2. The first-order valence-corrected chi connectivity index (χ1v) is 19.3. The van der Waals surface area contributed by atoms with Gasteiger partial charge < -0.3 is 20.1 Å².